The van der Waals surface area contributed by atoms with E-state index in [-0.39, 0.29) is 18.6 Å². The normalized spacial score (nSPS) is 19.9. The SMILES string of the molecule is O=C(COc1ccsc1)N(C1CC1)C1CCCc2ccccc21. The van der Waals surface area contributed by atoms with Gasteiger partial charge < -0.3 is 9.64 Å². The van der Waals surface area contributed by atoms with Gasteiger partial charge in [-0.25, -0.2) is 0 Å². The Morgan fingerprint density at radius 2 is 2.09 bits per heavy atom. The molecule has 1 saturated carbocycles. The highest BCUT2D eigenvalue weighted by molar-refractivity contribution is 7.08. The maximum Gasteiger partial charge on any atom is 0.261 e. The van der Waals surface area contributed by atoms with Crippen molar-refractivity contribution in [2.45, 2.75) is 44.2 Å². The van der Waals surface area contributed by atoms with E-state index in [1.54, 1.807) is 11.3 Å². The average Bonchev–Trinajstić information content (AvgIpc) is 3.27. The molecule has 1 atom stereocenters. The number of benzene rings is 1. The molecular weight excluding hydrogens is 306 g/mol. The van der Waals surface area contributed by atoms with E-state index in [0.29, 0.717) is 6.04 Å². The minimum atomic E-state index is 0.125. The molecular formula is C19H21NO2S. The van der Waals surface area contributed by atoms with E-state index in [1.807, 2.05) is 16.8 Å². The van der Waals surface area contributed by atoms with Crippen LogP contribution in [0.25, 0.3) is 0 Å². The molecule has 2 aromatic rings. The maximum atomic E-state index is 12.8. The van der Waals surface area contributed by atoms with Gasteiger partial charge in [-0.05, 0) is 54.7 Å². The Hall–Kier alpha value is -1.81. The van der Waals surface area contributed by atoms with Gasteiger partial charge in [-0.3, -0.25) is 4.79 Å². The lowest BCUT2D eigenvalue weighted by atomic mass is 9.86. The van der Waals surface area contributed by atoms with E-state index in [0.717, 1.165) is 37.9 Å². The summed E-state index contributed by atoms with van der Waals surface area (Å²) >= 11 is 1.59. The van der Waals surface area contributed by atoms with Crippen LogP contribution in [0.15, 0.2) is 41.1 Å². The number of nitrogens with zero attached hydrogens (tertiary/aromatic N) is 1. The lowest BCUT2D eigenvalue weighted by Gasteiger charge is -2.36. The molecule has 2 aliphatic carbocycles. The molecule has 120 valence electrons. The first kappa shape index (κ1) is 14.8. The number of ether oxygens (including phenoxy) is 1. The van der Waals surface area contributed by atoms with Crippen molar-refractivity contribution in [1.82, 2.24) is 4.90 Å². The molecule has 1 amide bonds. The molecule has 3 nitrogen and oxygen atoms in total. The fraction of sp³-hybridized carbons (Fsp3) is 0.421. The summed E-state index contributed by atoms with van der Waals surface area (Å²) in [4.78, 5) is 14.9. The summed E-state index contributed by atoms with van der Waals surface area (Å²) < 4.78 is 5.66. The Balaban J connectivity index is 1.53. The highest BCUT2D eigenvalue weighted by Crippen LogP contribution is 2.40. The molecule has 1 unspecified atom stereocenters. The van der Waals surface area contributed by atoms with Gasteiger partial charge in [-0.1, -0.05) is 24.3 Å². The predicted octanol–water partition coefficient (Wildman–Crippen LogP) is 4.20. The van der Waals surface area contributed by atoms with E-state index in [1.165, 1.54) is 11.1 Å². The predicted molar refractivity (Wildman–Crippen MR) is 91.8 cm³/mol. The number of carbonyl (C=O) groups excluding carboxylic acids is 1. The van der Waals surface area contributed by atoms with Gasteiger partial charge in [0.25, 0.3) is 5.91 Å². The number of amides is 1. The molecule has 1 aromatic carbocycles. The lowest BCUT2D eigenvalue weighted by molar-refractivity contribution is -0.137. The summed E-state index contributed by atoms with van der Waals surface area (Å²) in [6, 6.07) is 11.1. The van der Waals surface area contributed by atoms with E-state index in [9.17, 15) is 4.79 Å². The van der Waals surface area contributed by atoms with Crippen molar-refractivity contribution < 1.29 is 9.53 Å². The number of thiophene rings is 1. The number of aryl methyl sites for hydroxylation is 1. The second-order valence-corrected chi connectivity index (χ2v) is 7.17. The summed E-state index contributed by atoms with van der Waals surface area (Å²) in [5.41, 5.74) is 2.75. The molecule has 0 bridgehead atoms. The van der Waals surface area contributed by atoms with Crippen LogP contribution in [0.5, 0.6) is 5.75 Å². The van der Waals surface area contributed by atoms with Crippen molar-refractivity contribution >= 4 is 17.2 Å². The third-order valence-electron chi connectivity index (χ3n) is 4.76. The van der Waals surface area contributed by atoms with Gasteiger partial charge in [-0.2, -0.15) is 0 Å². The van der Waals surface area contributed by atoms with E-state index in [4.69, 9.17) is 4.74 Å². The van der Waals surface area contributed by atoms with Crippen molar-refractivity contribution in [3.05, 3.63) is 52.2 Å². The maximum absolute atomic E-state index is 12.8. The molecule has 1 aromatic heterocycles. The van der Waals surface area contributed by atoms with Crippen molar-refractivity contribution in [3.8, 4) is 5.75 Å². The zero-order valence-corrected chi connectivity index (χ0v) is 13.9. The lowest BCUT2D eigenvalue weighted by Crippen LogP contribution is -2.41. The van der Waals surface area contributed by atoms with Gasteiger partial charge in [-0.15, -0.1) is 11.3 Å². The molecule has 0 aliphatic heterocycles. The summed E-state index contributed by atoms with van der Waals surface area (Å²) in [7, 11) is 0. The van der Waals surface area contributed by atoms with Gasteiger partial charge in [0.15, 0.2) is 6.61 Å². The van der Waals surface area contributed by atoms with E-state index >= 15 is 0 Å². The number of hydrogen-bond acceptors (Lipinski definition) is 3. The van der Waals surface area contributed by atoms with Gasteiger partial charge >= 0.3 is 0 Å². The summed E-state index contributed by atoms with van der Waals surface area (Å²) in [5.74, 6) is 0.920. The smallest absolute Gasteiger partial charge is 0.261 e. The third-order valence-corrected chi connectivity index (χ3v) is 5.42. The van der Waals surface area contributed by atoms with Crippen molar-refractivity contribution in [2.75, 3.05) is 6.61 Å². The standard InChI is InChI=1S/C19H21NO2S/c21-19(12-22-16-10-11-23-13-16)20(15-8-9-15)18-7-3-5-14-4-1-2-6-17(14)18/h1-2,4,6,10-11,13,15,18H,3,5,7-9,12H2. The van der Waals surface area contributed by atoms with E-state index < -0.39 is 0 Å². The first-order chi connectivity index (χ1) is 11.3. The molecule has 1 heterocycles. The zero-order valence-electron chi connectivity index (χ0n) is 13.1. The molecule has 0 saturated heterocycles. The van der Waals surface area contributed by atoms with Crippen LogP contribution in [0.3, 0.4) is 0 Å². The Labute approximate surface area is 140 Å². The van der Waals surface area contributed by atoms with E-state index in [2.05, 4.69) is 29.2 Å². The van der Waals surface area contributed by atoms with Crippen molar-refractivity contribution in [3.63, 3.8) is 0 Å². The Bertz CT molecular complexity index is 678. The van der Waals surface area contributed by atoms with Gasteiger partial charge in [0, 0.05) is 11.4 Å². The fourth-order valence-corrected chi connectivity index (χ4v) is 4.13. The minimum Gasteiger partial charge on any atom is -0.483 e. The van der Waals surface area contributed by atoms with Crippen LogP contribution in [0.2, 0.25) is 0 Å². The van der Waals surface area contributed by atoms with Crippen LogP contribution in [0.1, 0.15) is 42.9 Å². The van der Waals surface area contributed by atoms with Crippen LogP contribution in [-0.2, 0) is 11.2 Å². The summed E-state index contributed by atoms with van der Waals surface area (Å²) in [6.07, 6.45) is 5.61. The first-order valence-corrected chi connectivity index (χ1v) is 9.31. The monoisotopic (exact) mass is 327 g/mol. The quantitative estimate of drug-likeness (QED) is 0.824. The van der Waals surface area contributed by atoms with Crippen molar-refractivity contribution in [2.24, 2.45) is 0 Å². The van der Waals surface area contributed by atoms with Gasteiger partial charge in [0.05, 0.1) is 6.04 Å². The van der Waals surface area contributed by atoms with Crippen LogP contribution in [0.4, 0.5) is 0 Å². The molecule has 23 heavy (non-hydrogen) atoms. The second kappa shape index (κ2) is 6.36. The highest BCUT2D eigenvalue weighted by Gasteiger charge is 2.39. The first-order valence-electron chi connectivity index (χ1n) is 8.37. The molecule has 4 rings (SSSR count). The Kier molecular flexibility index (Phi) is 4.08. The van der Waals surface area contributed by atoms with Crippen LogP contribution in [0, 0.1) is 0 Å². The van der Waals surface area contributed by atoms with Crippen LogP contribution >= 0.6 is 11.3 Å². The largest absolute Gasteiger partial charge is 0.483 e. The van der Waals surface area contributed by atoms with Crippen LogP contribution < -0.4 is 4.74 Å². The third kappa shape index (κ3) is 3.13. The van der Waals surface area contributed by atoms with Crippen LogP contribution in [-0.4, -0.2) is 23.5 Å². The van der Waals surface area contributed by atoms with Gasteiger partial charge in [0.1, 0.15) is 5.75 Å². The molecule has 0 N–H and O–H groups in total. The molecule has 1 fully saturated rings. The Morgan fingerprint density at radius 3 is 2.87 bits per heavy atom. The van der Waals surface area contributed by atoms with Crippen molar-refractivity contribution in [1.29, 1.82) is 0 Å². The Morgan fingerprint density at radius 1 is 1.22 bits per heavy atom. The number of carbonyl (C=O) groups is 1. The fourth-order valence-electron chi connectivity index (χ4n) is 3.56. The topological polar surface area (TPSA) is 29.5 Å². The number of rotatable bonds is 5. The molecule has 2 aliphatic rings. The molecule has 0 radical (unpaired) electrons. The minimum absolute atomic E-state index is 0.125. The summed E-state index contributed by atoms with van der Waals surface area (Å²) in [5, 5.41) is 3.90. The number of hydrogen-bond donors (Lipinski definition) is 0. The summed E-state index contributed by atoms with van der Waals surface area (Å²) in [6.45, 7) is 0.145. The zero-order chi connectivity index (χ0) is 15.6. The molecule has 4 heteroatoms. The number of fused-ring (bicyclic) bond motifs is 1. The van der Waals surface area contributed by atoms with Gasteiger partial charge in [0.2, 0.25) is 0 Å². The highest BCUT2D eigenvalue weighted by atomic mass is 32.1. The molecule has 0 spiro atoms. The second-order valence-electron chi connectivity index (χ2n) is 6.39. The average molecular weight is 327 g/mol.